The van der Waals surface area contributed by atoms with E-state index in [1.807, 2.05) is 0 Å². The largest absolute Gasteiger partial charge is 0.352 e. The Morgan fingerprint density at radius 3 is 2.63 bits per heavy atom. The minimum atomic E-state index is -0.825. The highest BCUT2D eigenvalue weighted by molar-refractivity contribution is 5.94. The third-order valence-corrected chi connectivity index (χ3v) is 3.14. The summed E-state index contributed by atoms with van der Waals surface area (Å²) in [5.74, 6) is -2.00. The van der Waals surface area contributed by atoms with E-state index in [0.29, 0.717) is 12.5 Å². The van der Waals surface area contributed by atoms with Crippen molar-refractivity contribution in [3.05, 3.63) is 35.4 Å². The van der Waals surface area contributed by atoms with Gasteiger partial charge in [0, 0.05) is 6.54 Å². The number of hydrogen-bond donors (Lipinski definition) is 2. The first kappa shape index (κ1) is 15.9. The van der Waals surface area contributed by atoms with Crippen LogP contribution in [0, 0.1) is 17.6 Å². The van der Waals surface area contributed by atoms with Crippen LogP contribution in [0.4, 0.5) is 8.78 Å². The Kier molecular flexibility index (Phi) is 6.18. The van der Waals surface area contributed by atoms with E-state index in [4.69, 9.17) is 0 Å². The molecule has 19 heavy (non-hydrogen) atoms. The van der Waals surface area contributed by atoms with Gasteiger partial charge in [-0.25, -0.2) is 8.78 Å². The molecule has 6 heteroatoms. The lowest BCUT2D eigenvalue weighted by atomic mass is 9.99. The average Bonchev–Trinajstić information content (AvgIpc) is 2.37. The van der Waals surface area contributed by atoms with Gasteiger partial charge in [-0.3, -0.25) is 4.79 Å². The molecule has 0 spiro atoms. The Bertz CT molecular complexity index is 416. The number of halogens is 3. The first-order valence-electron chi connectivity index (χ1n) is 6.11. The summed E-state index contributed by atoms with van der Waals surface area (Å²) in [5.41, 5.74) is -0.499. The minimum absolute atomic E-state index is 0. The third kappa shape index (κ3) is 4.14. The zero-order valence-corrected chi connectivity index (χ0v) is 11.2. The van der Waals surface area contributed by atoms with Gasteiger partial charge in [-0.15, -0.1) is 12.4 Å². The van der Waals surface area contributed by atoms with E-state index in [1.165, 1.54) is 6.07 Å². The molecule has 1 aliphatic rings. The highest BCUT2D eigenvalue weighted by Crippen LogP contribution is 2.13. The van der Waals surface area contributed by atoms with Crippen LogP contribution in [0.1, 0.15) is 23.2 Å². The Labute approximate surface area is 117 Å². The Morgan fingerprint density at radius 2 is 2.05 bits per heavy atom. The monoisotopic (exact) mass is 290 g/mol. The van der Waals surface area contributed by atoms with Gasteiger partial charge in [-0.05, 0) is 44.0 Å². The maximum Gasteiger partial charge on any atom is 0.257 e. The van der Waals surface area contributed by atoms with Gasteiger partial charge in [0.05, 0.1) is 0 Å². The first-order chi connectivity index (χ1) is 8.68. The van der Waals surface area contributed by atoms with Gasteiger partial charge >= 0.3 is 0 Å². The van der Waals surface area contributed by atoms with Crippen LogP contribution in [0.5, 0.6) is 0 Å². The molecule has 1 aliphatic heterocycles. The molecule has 1 fully saturated rings. The van der Waals surface area contributed by atoms with Crippen molar-refractivity contribution in [3.63, 3.8) is 0 Å². The smallest absolute Gasteiger partial charge is 0.257 e. The van der Waals surface area contributed by atoms with E-state index in [2.05, 4.69) is 10.6 Å². The zero-order valence-electron chi connectivity index (χ0n) is 10.4. The van der Waals surface area contributed by atoms with E-state index < -0.39 is 23.1 Å². The molecule has 0 bridgehead atoms. The maximum atomic E-state index is 13.4. The number of benzene rings is 1. The molecule has 3 nitrogen and oxygen atoms in total. The lowest BCUT2D eigenvalue weighted by Crippen LogP contribution is -2.38. The maximum absolute atomic E-state index is 13.4. The second-order valence-electron chi connectivity index (χ2n) is 4.52. The number of amides is 1. The van der Waals surface area contributed by atoms with Crippen LogP contribution in [0.3, 0.4) is 0 Å². The highest BCUT2D eigenvalue weighted by Gasteiger charge is 2.19. The minimum Gasteiger partial charge on any atom is -0.352 e. The molecule has 1 unspecified atom stereocenters. The van der Waals surface area contributed by atoms with Crippen molar-refractivity contribution in [3.8, 4) is 0 Å². The fourth-order valence-electron chi connectivity index (χ4n) is 2.14. The summed E-state index contributed by atoms with van der Waals surface area (Å²) in [7, 11) is 0. The van der Waals surface area contributed by atoms with Gasteiger partial charge in [0.2, 0.25) is 0 Å². The second-order valence-corrected chi connectivity index (χ2v) is 4.52. The topological polar surface area (TPSA) is 41.1 Å². The van der Waals surface area contributed by atoms with Crippen LogP contribution in [0.25, 0.3) is 0 Å². The molecule has 2 rings (SSSR count). The standard InChI is InChI=1S/C13H16F2N2O.ClH/c14-10-4-1-5-11(15)12(10)13(18)17-8-9-3-2-6-16-7-9;/h1,4-5,9,16H,2-3,6-8H2,(H,17,18);1H. The number of hydrogen-bond acceptors (Lipinski definition) is 2. The van der Waals surface area contributed by atoms with Gasteiger partial charge in [0.1, 0.15) is 17.2 Å². The van der Waals surface area contributed by atoms with Crippen molar-refractivity contribution < 1.29 is 13.6 Å². The molecule has 0 radical (unpaired) electrons. The van der Waals surface area contributed by atoms with Crippen LogP contribution >= 0.6 is 12.4 Å². The van der Waals surface area contributed by atoms with E-state index >= 15 is 0 Å². The number of carbonyl (C=O) groups is 1. The summed E-state index contributed by atoms with van der Waals surface area (Å²) in [4.78, 5) is 11.7. The molecule has 0 aliphatic carbocycles. The molecular formula is C13H17ClF2N2O. The summed E-state index contributed by atoms with van der Waals surface area (Å²) in [6.07, 6.45) is 2.08. The molecule has 1 aromatic rings. The van der Waals surface area contributed by atoms with E-state index in [0.717, 1.165) is 38.1 Å². The van der Waals surface area contributed by atoms with E-state index in [1.54, 1.807) is 0 Å². The average molecular weight is 291 g/mol. The van der Waals surface area contributed by atoms with Crippen molar-refractivity contribution in [1.29, 1.82) is 0 Å². The van der Waals surface area contributed by atoms with E-state index in [9.17, 15) is 13.6 Å². The predicted octanol–water partition coefficient (Wildman–Crippen LogP) is 2.12. The van der Waals surface area contributed by atoms with Gasteiger partial charge in [0.15, 0.2) is 0 Å². The SMILES string of the molecule is Cl.O=C(NCC1CCCNC1)c1c(F)cccc1F. The molecule has 2 N–H and O–H groups in total. The summed E-state index contributed by atoms with van der Waals surface area (Å²) in [6.45, 7) is 2.27. The van der Waals surface area contributed by atoms with Crippen LogP contribution in [0.2, 0.25) is 0 Å². The van der Waals surface area contributed by atoms with Crippen molar-refractivity contribution in [2.45, 2.75) is 12.8 Å². The first-order valence-corrected chi connectivity index (χ1v) is 6.11. The number of rotatable bonds is 3. The molecular weight excluding hydrogens is 274 g/mol. The van der Waals surface area contributed by atoms with Crippen LogP contribution in [-0.4, -0.2) is 25.5 Å². The molecule has 1 atom stereocenters. The molecule has 1 heterocycles. The molecule has 1 amide bonds. The van der Waals surface area contributed by atoms with Gasteiger partial charge in [0.25, 0.3) is 5.91 Å². The lowest BCUT2D eigenvalue weighted by Gasteiger charge is -2.22. The predicted molar refractivity (Wildman–Crippen MR) is 71.5 cm³/mol. The highest BCUT2D eigenvalue weighted by atomic mass is 35.5. The molecule has 1 saturated heterocycles. The summed E-state index contributed by atoms with van der Waals surface area (Å²) < 4.78 is 26.7. The number of nitrogens with one attached hydrogen (secondary N) is 2. The molecule has 0 saturated carbocycles. The Balaban J connectivity index is 0.00000180. The quantitative estimate of drug-likeness (QED) is 0.895. The van der Waals surface area contributed by atoms with Gasteiger partial charge < -0.3 is 10.6 Å². The van der Waals surface area contributed by atoms with Crippen LogP contribution in [0.15, 0.2) is 18.2 Å². The Hall–Kier alpha value is -1.20. The third-order valence-electron chi connectivity index (χ3n) is 3.14. The number of piperidine rings is 1. The summed E-state index contributed by atoms with van der Waals surface area (Å²) >= 11 is 0. The Morgan fingerprint density at radius 1 is 1.37 bits per heavy atom. The van der Waals surface area contributed by atoms with Crippen molar-refractivity contribution in [2.24, 2.45) is 5.92 Å². The van der Waals surface area contributed by atoms with Gasteiger partial charge in [-0.1, -0.05) is 6.07 Å². The summed E-state index contributed by atoms with van der Waals surface area (Å²) in [6, 6.07) is 3.41. The second kappa shape index (κ2) is 7.40. The molecule has 106 valence electrons. The van der Waals surface area contributed by atoms with Crippen molar-refractivity contribution >= 4 is 18.3 Å². The molecule has 0 aromatic heterocycles. The van der Waals surface area contributed by atoms with E-state index in [-0.39, 0.29) is 12.4 Å². The fourth-order valence-corrected chi connectivity index (χ4v) is 2.14. The van der Waals surface area contributed by atoms with Crippen molar-refractivity contribution in [1.82, 2.24) is 10.6 Å². The fraction of sp³-hybridized carbons (Fsp3) is 0.462. The number of carbonyl (C=O) groups excluding carboxylic acids is 1. The molecule has 1 aromatic carbocycles. The van der Waals surface area contributed by atoms with Gasteiger partial charge in [-0.2, -0.15) is 0 Å². The zero-order chi connectivity index (χ0) is 13.0. The normalized spacial score (nSPS) is 18.5. The summed E-state index contributed by atoms with van der Waals surface area (Å²) in [5, 5.41) is 5.81. The lowest BCUT2D eigenvalue weighted by molar-refractivity contribution is 0.0936. The van der Waals surface area contributed by atoms with Crippen LogP contribution in [-0.2, 0) is 0 Å². The van der Waals surface area contributed by atoms with Crippen molar-refractivity contribution in [2.75, 3.05) is 19.6 Å². The van der Waals surface area contributed by atoms with Crippen LogP contribution < -0.4 is 10.6 Å².